The van der Waals surface area contributed by atoms with E-state index in [1.807, 2.05) is 29.6 Å². The van der Waals surface area contributed by atoms with Gasteiger partial charge in [-0.05, 0) is 58.2 Å². The van der Waals surface area contributed by atoms with Crippen LogP contribution in [0.15, 0.2) is 60.0 Å². The number of nitrogen functional groups attached to an aromatic ring is 1. The zero-order chi connectivity index (χ0) is 20.8. The highest BCUT2D eigenvalue weighted by Crippen LogP contribution is 2.42. The number of aromatic carboxylic acids is 1. The van der Waals surface area contributed by atoms with Crippen molar-refractivity contribution in [3.63, 3.8) is 0 Å². The van der Waals surface area contributed by atoms with Gasteiger partial charge < -0.3 is 10.8 Å². The molecule has 0 aliphatic heterocycles. The minimum Gasteiger partial charge on any atom is -0.478 e. The molecule has 0 radical (unpaired) electrons. The Morgan fingerprint density at radius 2 is 1.83 bits per heavy atom. The number of allylic oxidation sites excluding steroid dienone is 1. The van der Waals surface area contributed by atoms with Gasteiger partial charge >= 0.3 is 5.97 Å². The van der Waals surface area contributed by atoms with Crippen LogP contribution in [0.3, 0.4) is 0 Å². The molecule has 29 heavy (non-hydrogen) atoms. The smallest absolute Gasteiger partial charge is 0.337 e. The average Bonchev–Trinajstić information content (AvgIpc) is 3.21. The zero-order valence-electron chi connectivity index (χ0n) is 16.2. The quantitative estimate of drug-likeness (QED) is 0.453. The predicted octanol–water partition coefficient (Wildman–Crippen LogP) is 5.37. The number of carboxylic acid groups (broad SMARTS) is 1. The largest absolute Gasteiger partial charge is 0.478 e. The Labute approximate surface area is 173 Å². The summed E-state index contributed by atoms with van der Waals surface area (Å²) in [6.45, 7) is 4.40. The molecule has 0 amide bonds. The van der Waals surface area contributed by atoms with E-state index in [1.165, 1.54) is 16.5 Å². The highest BCUT2D eigenvalue weighted by molar-refractivity contribution is 7.11. The predicted molar refractivity (Wildman–Crippen MR) is 117 cm³/mol. The number of hydrogen-bond donors (Lipinski definition) is 2. The van der Waals surface area contributed by atoms with E-state index < -0.39 is 5.97 Å². The van der Waals surface area contributed by atoms with Gasteiger partial charge in [-0.2, -0.15) is 0 Å². The third kappa shape index (κ3) is 3.28. The van der Waals surface area contributed by atoms with Crippen molar-refractivity contribution in [2.45, 2.75) is 25.7 Å². The molecular formula is C24H21NO3S. The minimum atomic E-state index is -1.15. The lowest BCUT2D eigenvalue weighted by molar-refractivity contribution is 0.0698. The van der Waals surface area contributed by atoms with Crippen molar-refractivity contribution in [2.75, 3.05) is 5.73 Å². The second-order valence-electron chi connectivity index (χ2n) is 7.84. The molecule has 0 saturated carbocycles. The molecule has 0 unspecified atom stereocenters. The Morgan fingerprint density at radius 3 is 2.52 bits per heavy atom. The van der Waals surface area contributed by atoms with Crippen LogP contribution in [-0.2, 0) is 5.41 Å². The van der Waals surface area contributed by atoms with Gasteiger partial charge in [0.15, 0.2) is 5.78 Å². The van der Waals surface area contributed by atoms with Crippen molar-refractivity contribution in [1.82, 2.24) is 0 Å². The number of hydrogen-bond acceptors (Lipinski definition) is 4. The van der Waals surface area contributed by atoms with Crippen LogP contribution in [0.4, 0.5) is 5.69 Å². The molecule has 0 fully saturated rings. The average molecular weight is 404 g/mol. The lowest BCUT2D eigenvalue weighted by Crippen LogP contribution is -2.22. The van der Waals surface area contributed by atoms with Crippen LogP contribution in [0.5, 0.6) is 0 Å². The zero-order valence-corrected chi connectivity index (χ0v) is 17.0. The lowest BCUT2D eigenvalue weighted by atomic mass is 9.72. The summed E-state index contributed by atoms with van der Waals surface area (Å²) in [5, 5.41) is 11.3. The van der Waals surface area contributed by atoms with Gasteiger partial charge in [0.1, 0.15) is 0 Å². The van der Waals surface area contributed by atoms with Gasteiger partial charge in [0.05, 0.1) is 11.3 Å². The van der Waals surface area contributed by atoms with E-state index in [1.54, 1.807) is 23.5 Å². The third-order valence-electron chi connectivity index (χ3n) is 5.49. The number of nitrogens with two attached hydrogens (primary N) is 1. The molecule has 3 N–H and O–H groups in total. The van der Waals surface area contributed by atoms with Gasteiger partial charge in [-0.15, -0.1) is 11.3 Å². The van der Waals surface area contributed by atoms with Gasteiger partial charge in [0.25, 0.3) is 0 Å². The Kier molecular flexibility index (Phi) is 4.63. The molecule has 0 bridgehead atoms. The second-order valence-corrected chi connectivity index (χ2v) is 8.79. The Hall–Kier alpha value is -3.18. The van der Waals surface area contributed by atoms with Crippen LogP contribution in [0.1, 0.15) is 62.6 Å². The van der Waals surface area contributed by atoms with E-state index in [0.717, 1.165) is 17.6 Å². The van der Waals surface area contributed by atoms with Crippen molar-refractivity contribution >= 4 is 34.3 Å². The van der Waals surface area contributed by atoms with Crippen molar-refractivity contribution in [2.24, 2.45) is 0 Å². The summed E-state index contributed by atoms with van der Waals surface area (Å²) in [7, 11) is 0. The molecule has 1 aliphatic carbocycles. The van der Waals surface area contributed by atoms with E-state index in [2.05, 4.69) is 26.0 Å². The number of thiophene rings is 1. The number of carboxylic acids is 1. The molecule has 1 aliphatic rings. The first-order valence-electron chi connectivity index (χ1n) is 9.35. The van der Waals surface area contributed by atoms with E-state index in [4.69, 9.17) is 5.73 Å². The first-order chi connectivity index (χ1) is 13.8. The number of benzene rings is 2. The summed E-state index contributed by atoms with van der Waals surface area (Å²) in [5.74, 6) is -1.42. The maximum Gasteiger partial charge on any atom is 0.337 e. The molecule has 0 spiro atoms. The van der Waals surface area contributed by atoms with Crippen LogP contribution in [-0.4, -0.2) is 16.9 Å². The molecule has 1 heterocycles. The van der Waals surface area contributed by atoms with Crippen molar-refractivity contribution in [3.05, 3.63) is 92.7 Å². The first-order valence-corrected chi connectivity index (χ1v) is 10.2. The molecule has 1 aromatic heterocycles. The summed E-state index contributed by atoms with van der Waals surface area (Å²) in [4.78, 5) is 25.7. The molecule has 0 saturated heterocycles. The number of rotatable bonds is 4. The fourth-order valence-corrected chi connectivity index (χ4v) is 4.63. The van der Waals surface area contributed by atoms with Crippen LogP contribution in [0.2, 0.25) is 0 Å². The Bertz CT molecular complexity index is 1160. The number of fused-ring (bicyclic) bond motifs is 1. The fourth-order valence-electron chi connectivity index (χ4n) is 3.85. The third-order valence-corrected chi connectivity index (χ3v) is 6.39. The first kappa shape index (κ1) is 19.2. The van der Waals surface area contributed by atoms with Crippen molar-refractivity contribution in [3.8, 4) is 0 Å². The minimum absolute atomic E-state index is 0.00271. The molecule has 2 aromatic carbocycles. The highest BCUT2D eigenvalue weighted by atomic mass is 32.1. The normalized spacial score (nSPS) is 14.8. The highest BCUT2D eigenvalue weighted by Gasteiger charge is 2.30. The number of ketones is 1. The fraction of sp³-hybridized carbons (Fsp3) is 0.167. The molecular weight excluding hydrogens is 382 g/mol. The van der Waals surface area contributed by atoms with Crippen LogP contribution in [0, 0.1) is 0 Å². The SMILES string of the molecule is CC1(C)CC=C(c2cccs2)c2cc(C(=O)c3cccc(C(=O)O)c3N)ccc21. The number of anilines is 1. The van der Waals surface area contributed by atoms with E-state index in [-0.39, 0.29) is 28.0 Å². The summed E-state index contributed by atoms with van der Waals surface area (Å²) >= 11 is 1.67. The lowest BCUT2D eigenvalue weighted by Gasteiger charge is -2.32. The summed E-state index contributed by atoms with van der Waals surface area (Å²) in [6.07, 6.45) is 3.16. The van der Waals surface area contributed by atoms with Crippen LogP contribution < -0.4 is 5.73 Å². The summed E-state index contributed by atoms with van der Waals surface area (Å²) < 4.78 is 0. The topological polar surface area (TPSA) is 80.4 Å². The van der Waals surface area contributed by atoms with Gasteiger partial charge in [-0.1, -0.05) is 44.2 Å². The second kappa shape index (κ2) is 7.01. The molecule has 5 heteroatoms. The number of para-hydroxylation sites is 1. The molecule has 3 aromatic rings. The molecule has 0 atom stereocenters. The van der Waals surface area contributed by atoms with E-state index >= 15 is 0 Å². The van der Waals surface area contributed by atoms with E-state index in [9.17, 15) is 14.7 Å². The van der Waals surface area contributed by atoms with Gasteiger partial charge in [0, 0.05) is 16.0 Å². The van der Waals surface area contributed by atoms with Crippen LogP contribution >= 0.6 is 11.3 Å². The van der Waals surface area contributed by atoms with Crippen LogP contribution in [0.25, 0.3) is 5.57 Å². The number of carbonyl (C=O) groups is 2. The van der Waals surface area contributed by atoms with Gasteiger partial charge in [-0.3, -0.25) is 4.79 Å². The van der Waals surface area contributed by atoms with Gasteiger partial charge in [-0.25, -0.2) is 4.79 Å². The van der Waals surface area contributed by atoms with Gasteiger partial charge in [0.2, 0.25) is 0 Å². The molecule has 4 nitrogen and oxygen atoms in total. The monoisotopic (exact) mass is 403 g/mol. The summed E-state index contributed by atoms with van der Waals surface area (Å²) in [6, 6.07) is 14.4. The molecule has 146 valence electrons. The molecule has 4 rings (SSSR count). The maximum atomic E-state index is 13.2. The number of carbonyl (C=O) groups excluding carboxylic acids is 1. The van der Waals surface area contributed by atoms with Crippen molar-refractivity contribution in [1.29, 1.82) is 0 Å². The standard InChI is InChI=1S/C24H21NO3S/c1-24(2)11-10-15(20-7-4-12-29-20)18-13-14(8-9-19(18)24)22(26)16-5-3-6-17(21(16)25)23(27)28/h3-10,12-13H,11,25H2,1-2H3,(H,27,28). The summed E-state index contributed by atoms with van der Waals surface area (Å²) in [5.41, 5.74) is 9.99. The van der Waals surface area contributed by atoms with Crippen molar-refractivity contribution < 1.29 is 14.7 Å². The Balaban J connectivity index is 1.83. The Morgan fingerprint density at radius 1 is 1.07 bits per heavy atom. The van der Waals surface area contributed by atoms with E-state index in [0.29, 0.717) is 5.56 Å². The maximum absolute atomic E-state index is 13.2.